The van der Waals surface area contributed by atoms with E-state index >= 15 is 0 Å². The van der Waals surface area contributed by atoms with Gasteiger partial charge in [-0.15, -0.1) is 0 Å². The van der Waals surface area contributed by atoms with Crippen LogP contribution in [0.1, 0.15) is 0 Å². The molecular formula is C66H45N3. The third-order valence-corrected chi connectivity index (χ3v) is 13.7. The average molecular weight is 880 g/mol. The van der Waals surface area contributed by atoms with Crippen molar-refractivity contribution in [3.63, 3.8) is 0 Å². The fraction of sp³-hybridized carbons (Fsp3) is 0. The first-order valence-corrected chi connectivity index (χ1v) is 23.7. The largest absolute Gasteiger partial charge is 0.311 e. The lowest BCUT2D eigenvalue weighted by molar-refractivity contribution is 1.15. The van der Waals surface area contributed by atoms with E-state index in [0.717, 1.165) is 28.4 Å². The van der Waals surface area contributed by atoms with Gasteiger partial charge in [0, 0.05) is 50.0 Å². The summed E-state index contributed by atoms with van der Waals surface area (Å²) in [6, 6.07) is 98.8. The highest BCUT2D eigenvalue weighted by Crippen LogP contribution is 2.47. The molecule has 0 radical (unpaired) electrons. The molecule has 0 unspecified atom stereocenters. The van der Waals surface area contributed by atoms with E-state index in [2.05, 4.69) is 287 Å². The Morgan fingerprint density at radius 1 is 0.246 bits per heavy atom. The van der Waals surface area contributed by atoms with Gasteiger partial charge in [0.05, 0.1) is 22.1 Å². The molecule has 11 aromatic carbocycles. The van der Waals surface area contributed by atoms with Crippen molar-refractivity contribution in [1.82, 2.24) is 9.13 Å². The SMILES string of the molecule is c1ccc(-c2ccc(N(c3ccccc3)c3ccc(-c4ccc(-c5ccc(-c6cc7c8ccccc8n(-c8ccccc8)c7c7c6c6ccccc6n7-c6ccccc6)cc5)cc4)cc3)cc2)cc1. The zero-order valence-electron chi connectivity index (χ0n) is 37.8. The highest BCUT2D eigenvalue weighted by molar-refractivity contribution is 6.28. The molecule has 0 atom stereocenters. The molecule has 0 N–H and O–H groups in total. The third kappa shape index (κ3) is 6.99. The second kappa shape index (κ2) is 16.9. The molecule has 13 rings (SSSR count). The first-order valence-electron chi connectivity index (χ1n) is 23.7. The van der Waals surface area contributed by atoms with Crippen LogP contribution in [0.15, 0.2) is 273 Å². The van der Waals surface area contributed by atoms with E-state index in [0.29, 0.717) is 0 Å². The molecule has 0 saturated carbocycles. The Bertz CT molecular complexity index is 3930. The molecule has 0 bridgehead atoms. The molecule has 0 fully saturated rings. The maximum absolute atomic E-state index is 2.47. The number of benzene rings is 11. The van der Waals surface area contributed by atoms with E-state index in [1.54, 1.807) is 0 Å². The monoisotopic (exact) mass is 879 g/mol. The minimum Gasteiger partial charge on any atom is -0.311 e. The Morgan fingerprint density at radius 3 is 1.10 bits per heavy atom. The summed E-state index contributed by atoms with van der Waals surface area (Å²) in [7, 11) is 0. The van der Waals surface area contributed by atoms with E-state index in [4.69, 9.17) is 0 Å². The van der Waals surface area contributed by atoms with E-state index in [1.165, 1.54) is 88.1 Å². The first-order chi connectivity index (χ1) is 34.2. The van der Waals surface area contributed by atoms with Crippen LogP contribution >= 0.6 is 0 Å². The molecule has 324 valence electrons. The molecule has 0 saturated heterocycles. The number of hydrogen-bond acceptors (Lipinski definition) is 1. The quantitative estimate of drug-likeness (QED) is 0.141. The number of rotatable bonds is 9. The summed E-state index contributed by atoms with van der Waals surface area (Å²) in [6.07, 6.45) is 0. The van der Waals surface area contributed by atoms with Gasteiger partial charge < -0.3 is 14.0 Å². The van der Waals surface area contributed by atoms with Crippen LogP contribution in [0, 0.1) is 0 Å². The van der Waals surface area contributed by atoms with Gasteiger partial charge in [-0.05, 0) is 123 Å². The highest BCUT2D eigenvalue weighted by Gasteiger charge is 2.24. The molecule has 69 heavy (non-hydrogen) atoms. The zero-order valence-corrected chi connectivity index (χ0v) is 37.8. The summed E-state index contributed by atoms with van der Waals surface area (Å²) in [5.41, 5.74) is 20.0. The summed E-state index contributed by atoms with van der Waals surface area (Å²) >= 11 is 0. The second-order valence-corrected chi connectivity index (χ2v) is 17.7. The van der Waals surface area contributed by atoms with Gasteiger partial charge in [-0.2, -0.15) is 0 Å². The van der Waals surface area contributed by atoms with Crippen LogP contribution in [0.3, 0.4) is 0 Å². The molecule has 2 aromatic heterocycles. The van der Waals surface area contributed by atoms with Crippen LogP contribution in [0.25, 0.3) is 99.5 Å². The topological polar surface area (TPSA) is 13.1 Å². The van der Waals surface area contributed by atoms with Crippen LogP contribution < -0.4 is 4.90 Å². The minimum atomic E-state index is 1.11. The Labute approximate surface area is 401 Å². The van der Waals surface area contributed by atoms with Gasteiger partial charge in [0.1, 0.15) is 0 Å². The highest BCUT2D eigenvalue weighted by atomic mass is 15.1. The zero-order chi connectivity index (χ0) is 45.7. The molecule has 0 spiro atoms. The third-order valence-electron chi connectivity index (χ3n) is 13.7. The lowest BCUT2D eigenvalue weighted by atomic mass is 9.94. The fourth-order valence-electron chi connectivity index (χ4n) is 10.5. The van der Waals surface area contributed by atoms with Crippen molar-refractivity contribution in [2.24, 2.45) is 0 Å². The van der Waals surface area contributed by atoms with Crippen molar-refractivity contribution in [1.29, 1.82) is 0 Å². The maximum atomic E-state index is 2.47. The Hall–Kier alpha value is -9.18. The number of anilines is 3. The van der Waals surface area contributed by atoms with E-state index in [-0.39, 0.29) is 0 Å². The van der Waals surface area contributed by atoms with Gasteiger partial charge in [0.15, 0.2) is 0 Å². The van der Waals surface area contributed by atoms with Gasteiger partial charge in [-0.3, -0.25) is 0 Å². The normalized spacial score (nSPS) is 11.5. The van der Waals surface area contributed by atoms with Crippen molar-refractivity contribution >= 4 is 60.7 Å². The maximum Gasteiger partial charge on any atom is 0.0795 e. The molecular weight excluding hydrogens is 835 g/mol. The molecule has 3 nitrogen and oxygen atoms in total. The van der Waals surface area contributed by atoms with Gasteiger partial charge in [-0.25, -0.2) is 0 Å². The standard InChI is InChI=1S/C66H45N3/c1-5-17-46(18-6-1)50-37-41-56(42-38-50)67(53-19-7-2-8-20-53)57-43-39-51(40-44-57)48-31-29-47(30-32-48)49-33-35-52(36-34-49)60-45-61-58-25-13-15-27-62(58)68(54-21-9-3-10-22-54)65(61)66-64(60)59-26-14-16-28-63(59)69(66)55-23-11-4-12-24-55/h1-45H. The van der Waals surface area contributed by atoms with Crippen molar-refractivity contribution in [2.45, 2.75) is 0 Å². The molecule has 2 heterocycles. The van der Waals surface area contributed by atoms with Crippen LogP contribution in [0.2, 0.25) is 0 Å². The van der Waals surface area contributed by atoms with Crippen molar-refractivity contribution in [3.8, 4) is 55.9 Å². The molecule has 13 aromatic rings. The Kier molecular flexibility index (Phi) is 9.84. The smallest absolute Gasteiger partial charge is 0.0795 e. The predicted octanol–water partition coefficient (Wildman–Crippen LogP) is 18.0. The Morgan fingerprint density at radius 2 is 0.594 bits per heavy atom. The van der Waals surface area contributed by atoms with Crippen LogP contribution in [-0.2, 0) is 0 Å². The van der Waals surface area contributed by atoms with Crippen LogP contribution in [-0.4, -0.2) is 9.13 Å². The number of nitrogens with zero attached hydrogens (tertiary/aromatic N) is 3. The van der Waals surface area contributed by atoms with Crippen molar-refractivity contribution in [3.05, 3.63) is 273 Å². The summed E-state index contributed by atoms with van der Waals surface area (Å²) in [6.45, 7) is 0. The number of hydrogen-bond donors (Lipinski definition) is 0. The van der Waals surface area contributed by atoms with Gasteiger partial charge in [0.25, 0.3) is 0 Å². The minimum absolute atomic E-state index is 1.11. The van der Waals surface area contributed by atoms with Gasteiger partial charge >= 0.3 is 0 Å². The van der Waals surface area contributed by atoms with Gasteiger partial charge in [0.2, 0.25) is 0 Å². The molecule has 0 amide bonds. The summed E-state index contributed by atoms with van der Waals surface area (Å²) in [4.78, 5) is 2.32. The van der Waals surface area contributed by atoms with E-state index in [1.807, 2.05) is 0 Å². The van der Waals surface area contributed by atoms with Crippen molar-refractivity contribution < 1.29 is 0 Å². The Balaban J connectivity index is 0.865. The second-order valence-electron chi connectivity index (χ2n) is 17.7. The fourth-order valence-corrected chi connectivity index (χ4v) is 10.5. The lowest BCUT2D eigenvalue weighted by Crippen LogP contribution is -2.09. The van der Waals surface area contributed by atoms with E-state index in [9.17, 15) is 0 Å². The van der Waals surface area contributed by atoms with Crippen molar-refractivity contribution in [2.75, 3.05) is 4.90 Å². The van der Waals surface area contributed by atoms with Gasteiger partial charge in [-0.1, -0.05) is 194 Å². The summed E-state index contributed by atoms with van der Waals surface area (Å²) in [5, 5.41) is 4.95. The first kappa shape index (κ1) is 40.1. The predicted molar refractivity (Wildman–Crippen MR) is 292 cm³/mol. The lowest BCUT2D eigenvalue weighted by Gasteiger charge is -2.26. The molecule has 0 aliphatic rings. The van der Waals surface area contributed by atoms with E-state index < -0.39 is 0 Å². The number of fused-ring (bicyclic) bond motifs is 7. The molecule has 0 aliphatic heterocycles. The van der Waals surface area contributed by atoms with Crippen LogP contribution in [0.4, 0.5) is 17.1 Å². The number of aromatic nitrogens is 2. The summed E-state index contributed by atoms with van der Waals surface area (Å²) in [5.74, 6) is 0. The summed E-state index contributed by atoms with van der Waals surface area (Å²) < 4.78 is 4.93. The number of para-hydroxylation sites is 5. The van der Waals surface area contributed by atoms with Crippen LogP contribution in [0.5, 0.6) is 0 Å². The molecule has 3 heteroatoms. The molecule has 0 aliphatic carbocycles. The average Bonchev–Trinajstić information content (AvgIpc) is 3.96.